The molecule has 0 saturated carbocycles. The first-order valence-corrected chi connectivity index (χ1v) is 7.76. The number of rotatable bonds is 5. The monoisotopic (exact) mass is 316 g/mol. The lowest BCUT2D eigenvalue weighted by Crippen LogP contribution is -2.00. The Morgan fingerprint density at radius 2 is 2.05 bits per heavy atom. The number of carbonyl (C=O) groups excluding carboxylic acids is 1. The highest BCUT2D eigenvalue weighted by atomic mass is 32.2. The van der Waals surface area contributed by atoms with Gasteiger partial charge in [0, 0.05) is 6.42 Å². The maximum absolute atomic E-state index is 13.0. The number of halogens is 1. The van der Waals surface area contributed by atoms with E-state index < -0.39 is 0 Å². The quantitative estimate of drug-likeness (QED) is 0.535. The second-order valence-corrected chi connectivity index (χ2v) is 5.59. The zero-order chi connectivity index (χ0) is 15.5. The van der Waals surface area contributed by atoms with Gasteiger partial charge in [0.15, 0.2) is 5.65 Å². The fourth-order valence-electron chi connectivity index (χ4n) is 1.96. The van der Waals surface area contributed by atoms with Crippen molar-refractivity contribution < 1.29 is 9.18 Å². The van der Waals surface area contributed by atoms with Crippen molar-refractivity contribution in [1.29, 1.82) is 0 Å². The molecule has 2 heterocycles. The average Bonchev–Trinajstić information content (AvgIpc) is 2.98. The Bertz CT molecular complexity index is 816. The summed E-state index contributed by atoms with van der Waals surface area (Å²) in [6, 6.07) is 6.02. The van der Waals surface area contributed by atoms with Crippen LogP contribution in [-0.4, -0.2) is 31.3 Å². The van der Waals surface area contributed by atoms with Gasteiger partial charge in [-0.25, -0.2) is 19.0 Å². The third kappa shape index (κ3) is 2.85. The van der Waals surface area contributed by atoms with Crippen LogP contribution in [0.2, 0.25) is 0 Å². The molecule has 0 bridgehead atoms. The SMILES string of the molecule is CCC(=O)CSc1ncnc2c1cnn2-c1ccc(F)cc1. The Balaban J connectivity index is 1.98. The second kappa shape index (κ2) is 6.23. The van der Waals surface area contributed by atoms with E-state index in [4.69, 9.17) is 0 Å². The van der Waals surface area contributed by atoms with Gasteiger partial charge < -0.3 is 0 Å². The van der Waals surface area contributed by atoms with Gasteiger partial charge >= 0.3 is 0 Å². The third-order valence-corrected chi connectivity index (χ3v) is 4.23. The van der Waals surface area contributed by atoms with E-state index in [2.05, 4.69) is 15.1 Å². The van der Waals surface area contributed by atoms with Crippen LogP contribution in [0.5, 0.6) is 0 Å². The lowest BCUT2D eigenvalue weighted by molar-refractivity contribution is -0.116. The molecule has 0 fully saturated rings. The minimum Gasteiger partial charge on any atom is -0.299 e. The number of Topliss-reactive ketones (excluding diaryl/α,β-unsaturated/α-hetero) is 1. The average molecular weight is 316 g/mol. The summed E-state index contributed by atoms with van der Waals surface area (Å²) < 4.78 is 14.7. The molecule has 3 rings (SSSR count). The zero-order valence-corrected chi connectivity index (χ0v) is 12.7. The van der Waals surface area contributed by atoms with Crippen molar-refractivity contribution in [2.45, 2.75) is 18.4 Å². The Kier molecular flexibility index (Phi) is 4.15. The lowest BCUT2D eigenvalue weighted by Gasteiger charge is -2.04. The summed E-state index contributed by atoms with van der Waals surface area (Å²) in [4.78, 5) is 19.9. The van der Waals surface area contributed by atoms with Crippen molar-refractivity contribution in [3.63, 3.8) is 0 Å². The number of benzene rings is 1. The van der Waals surface area contributed by atoms with E-state index in [0.29, 0.717) is 17.8 Å². The highest BCUT2D eigenvalue weighted by Crippen LogP contribution is 2.25. The molecule has 0 unspecified atom stereocenters. The van der Waals surface area contributed by atoms with Crippen molar-refractivity contribution in [3.8, 4) is 5.69 Å². The molecule has 0 spiro atoms. The van der Waals surface area contributed by atoms with Crippen molar-refractivity contribution in [2.24, 2.45) is 0 Å². The molecular formula is C15H13FN4OS. The molecule has 0 atom stereocenters. The minimum atomic E-state index is -0.302. The number of carbonyl (C=O) groups is 1. The number of hydrogen-bond donors (Lipinski definition) is 0. The van der Waals surface area contributed by atoms with Gasteiger partial charge in [0.05, 0.1) is 23.0 Å². The Morgan fingerprint density at radius 3 is 2.77 bits per heavy atom. The maximum atomic E-state index is 13.0. The van der Waals surface area contributed by atoms with Crippen LogP contribution in [0, 0.1) is 5.82 Å². The number of thioether (sulfide) groups is 1. The van der Waals surface area contributed by atoms with Crippen molar-refractivity contribution in [3.05, 3.63) is 42.6 Å². The molecule has 0 N–H and O–H groups in total. The predicted octanol–water partition coefficient (Wildman–Crippen LogP) is 3.03. The smallest absolute Gasteiger partial charge is 0.167 e. The molecule has 0 amide bonds. The molecule has 112 valence electrons. The van der Waals surface area contributed by atoms with E-state index in [9.17, 15) is 9.18 Å². The molecule has 0 aliphatic heterocycles. The molecule has 7 heteroatoms. The van der Waals surface area contributed by atoms with E-state index in [0.717, 1.165) is 16.1 Å². The molecule has 22 heavy (non-hydrogen) atoms. The molecule has 1 aromatic carbocycles. The van der Waals surface area contributed by atoms with E-state index >= 15 is 0 Å². The molecule has 0 aliphatic carbocycles. The van der Waals surface area contributed by atoms with Gasteiger partial charge in [-0.1, -0.05) is 18.7 Å². The summed E-state index contributed by atoms with van der Waals surface area (Å²) in [6.45, 7) is 1.84. The molecule has 3 aromatic rings. The summed E-state index contributed by atoms with van der Waals surface area (Å²) in [5, 5.41) is 5.80. The fourth-order valence-corrected chi connectivity index (χ4v) is 2.88. The Morgan fingerprint density at radius 1 is 1.27 bits per heavy atom. The highest BCUT2D eigenvalue weighted by molar-refractivity contribution is 8.00. The summed E-state index contributed by atoms with van der Waals surface area (Å²) in [7, 11) is 0. The summed E-state index contributed by atoms with van der Waals surface area (Å²) in [5.74, 6) is 0.247. The van der Waals surface area contributed by atoms with Gasteiger partial charge in [0.1, 0.15) is 23.0 Å². The van der Waals surface area contributed by atoms with Gasteiger partial charge in [-0.3, -0.25) is 4.79 Å². The number of fused-ring (bicyclic) bond motifs is 1. The van der Waals surface area contributed by atoms with Crippen LogP contribution in [0.15, 0.2) is 41.8 Å². The minimum absolute atomic E-state index is 0.169. The first-order chi connectivity index (χ1) is 10.7. The first kappa shape index (κ1) is 14.6. The van der Waals surface area contributed by atoms with Crippen LogP contribution in [0.4, 0.5) is 4.39 Å². The molecule has 2 aromatic heterocycles. The Labute approximate surface area is 130 Å². The number of hydrogen-bond acceptors (Lipinski definition) is 5. The first-order valence-electron chi connectivity index (χ1n) is 6.78. The van der Waals surface area contributed by atoms with Gasteiger partial charge in [-0.05, 0) is 24.3 Å². The number of aromatic nitrogens is 4. The van der Waals surface area contributed by atoms with Crippen LogP contribution in [0.3, 0.4) is 0 Å². The largest absolute Gasteiger partial charge is 0.299 e. The van der Waals surface area contributed by atoms with Crippen LogP contribution in [0.25, 0.3) is 16.7 Å². The van der Waals surface area contributed by atoms with Crippen molar-refractivity contribution in [2.75, 3.05) is 5.75 Å². The van der Waals surface area contributed by atoms with Gasteiger partial charge in [0.2, 0.25) is 0 Å². The molecule has 0 aliphatic rings. The van der Waals surface area contributed by atoms with Crippen molar-refractivity contribution >= 4 is 28.6 Å². The molecule has 0 saturated heterocycles. The second-order valence-electron chi connectivity index (χ2n) is 4.63. The normalized spacial score (nSPS) is 11.0. The van der Waals surface area contributed by atoms with Crippen LogP contribution in [-0.2, 0) is 4.79 Å². The third-order valence-electron chi connectivity index (χ3n) is 3.16. The standard InChI is InChI=1S/C15H13FN4OS/c1-2-12(21)8-22-15-13-7-19-20(14(13)17-9-18-15)11-5-3-10(16)4-6-11/h3-7,9H,2,8H2,1H3. The highest BCUT2D eigenvalue weighted by Gasteiger charge is 2.12. The van der Waals surface area contributed by atoms with E-state index in [1.807, 2.05) is 6.92 Å². The molecular weight excluding hydrogens is 303 g/mol. The lowest BCUT2D eigenvalue weighted by atomic mass is 10.3. The zero-order valence-electron chi connectivity index (χ0n) is 11.9. The fraction of sp³-hybridized carbons (Fsp3) is 0.200. The van der Waals surface area contributed by atoms with Crippen LogP contribution < -0.4 is 0 Å². The van der Waals surface area contributed by atoms with Gasteiger partial charge in [-0.2, -0.15) is 5.10 Å². The Hall–Kier alpha value is -2.28. The number of nitrogens with zero attached hydrogens (tertiary/aromatic N) is 4. The van der Waals surface area contributed by atoms with E-state index in [1.165, 1.54) is 30.2 Å². The van der Waals surface area contributed by atoms with Crippen molar-refractivity contribution in [1.82, 2.24) is 19.7 Å². The predicted molar refractivity (Wildman–Crippen MR) is 82.6 cm³/mol. The summed E-state index contributed by atoms with van der Waals surface area (Å²) in [5.41, 5.74) is 1.35. The van der Waals surface area contributed by atoms with E-state index in [-0.39, 0.29) is 11.6 Å². The summed E-state index contributed by atoms with van der Waals surface area (Å²) >= 11 is 1.38. The maximum Gasteiger partial charge on any atom is 0.167 e. The van der Waals surface area contributed by atoms with Crippen LogP contribution >= 0.6 is 11.8 Å². The van der Waals surface area contributed by atoms with Gasteiger partial charge in [0.25, 0.3) is 0 Å². The topological polar surface area (TPSA) is 60.7 Å². The summed E-state index contributed by atoms with van der Waals surface area (Å²) in [6.07, 6.45) is 3.62. The van der Waals surface area contributed by atoms with E-state index in [1.54, 1.807) is 23.0 Å². The van der Waals surface area contributed by atoms with Crippen LogP contribution in [0.1, 0.15) is 13.3 Å². The molecule has 5 nitrogen and oxygen atoms in total. The number of ketones is 1. The molecule has 0 radical (unpaired) electrons. The van der Waals surface area contributed by atoms with Gasteiger partial charge in [-0.15, -0.1) is 0 Å².